The van der Waals surface area contributed by atoms with E-state index in [1.165, 1.54) is 0 Å². The summed E-state index contributed by atoms with van der Waals surface area (Å²) >= 11 is 0. The molecule has 37 heavy (non-hydrogen) atoms. The van der Waals surface area contributed by atoms with E-state index in [9.17, 15) is 0 Å². The maximum absolute atomic E-state index is 6.26. The van der Waals surface area contributed by atoms with E-state index in [1.807, 2.05) is 91.0 Å². The van der Waals surface area contributed by atoms with Crippen LogP contribution in [-0.4, -0.2) is 15.0 Å². The standard InChI is InChI=1S/C33H21N3O/c1-4-12-22(13-5-1)25-20-21-28-29(26-18-10-11-19-27(26)37-28)30(25)33-35-31(23-14-6-2-7-15-23)34-32(36-33)24-16-8-3-9-17-24/h1-21H. The van der Waals surface area contributed by atoms with Gasteiger partial charge in [0.05, 0.1) is 0 Å². The zero-order chi connectivity index (χ0) is 24.6. The highest BCUT2D eigenvalue weighted by Gasteiger charge is 2.21. The molecular formula is C33H21N3O. The first kappa shape index (κ1) is 21.2. The molecule has 4 nitrogen and oxygen atoms in total. The van der Waals surface area contributed by atoms with Crippen molar-refractivity contribution >= 4 is 21.9 Å². The monoisotopic (exact) mass is 475 g/mol. The molecule has 0 aliphatic heterocycles. The number of benzene rings is 5. The van der Waals surface area contributed by atoms with Crippen LogP contribution in [0.15, 0.2) is 132 Å². The van der Waals surface area contributed by atoms with Gasteiger partial charge in [-0.1, -0.05) is 109 Å². The second kappa shape index (κ2) is 8.85. The Balaban J connectivity index is 1.60. The van der Waals surface area contributed by atoms with Gasteiger partial charge in [-0.05, 0) is 29.3 Å². The van der Waals surface area contributed by atoms with Crippen molar-refractivity contribution in [2.24, 2.45) is 0 Å². The molecule has 2 heterocycles. The van der Waals surface area contributed by atoms with E-state index in [4.69, 9.17) is 19.4 Å². The second-order valence-electron chi connectivity index (χ2n) is 8.86. The van der Waals surface area contributed by atoms with Crippen LogP contribution in [0.2, 0.25) is 0 Å². The summed E-state index contributed by atoms with van der Waals surface area (Å²) in [6.07, 6.45) is 0. The fraction of sp³-hybridized carbons (Fsp3) is 0. The molecule has 0 fully saturated rings. The fourth-order valence-corrected chi connectivity index (χ4v) is 4.83. The number of furan rings is 1. The van der Waals surface area contributed by atoms with Gasteiger partial charge in [0.2, 0.25) is 0 Å². The second-order valence-corrected chi connectivity index (χ2v) is 8.86. The van der Waals surface area contributed by atoms with Gasteiger partial charge in [-0.25, -0.2) is 15.0 Å². The van der Waals surface area contributed by atoms with Crippen LogP contribution < -0.4 is 0 Å². The Morgan fingerprint density at radius 1 is 0.405 bits per heavy atom. The van der Waals surface area contributed by atoms with Gasteiger partial charge >= 0.3 is 0 Å². The number of para-hydroxylation sites is 1. The molecule has 2 aromatic heterocycles. The lowest BCUT2D eigenvalue weighted by Gasteiger charge is -2.13. The molecule has 7 aromatic rings. The van der Waals surface area contributed by atoms with Crippen molar-refractivity contribution in [3.8, 4) is 45.3 Å². The van der Waals surface area contributed by atoms with Gasteiger partial charge in [0.25, 0.3) is 0 Å². The zero-order valence-corrected chi connectivity index (χ0v) is 19.9. The maximum atomic E-state index is 6.26. The minimum Gasteiger partial charge on any atom is -0.456 e. The van der Waals surface area contributed by atoms with Crippen LogP contribution in [0, 0.1) is 0 Å². The number of fused-ring (bicyclic) bond motifs is 3. The third kappa shape index (κ3) is 3.76. The van der Waals surface area contributed by atoms with Crippen molar-refractivity contribution < 1.29 is 4.42 Å². The normalized spacial score (nSPS) is 11.2. The van der Waals surface area contributed by atoms with Crippen LogP contribution in [0.4, 0.5) is 0 Å². The summed E-state index contributed by atoms with van der Waals surface area (Å²) in [6, 6.07) is 42.7. The van der Waals surface area contributed by atoms with Crippen LogP contribution in [0.3, 0.4) is 0 Å². The predicted octanol–water partition coefficient (Wildman–Crippen LogP) is 8.44. The molecule has 0 N–H and O–H groups in total. The highest BCUT2D eigenvalue weighted by atomic mass is 16.3. The Morgan fingerprint density at radius 3 is 1.54 bits per heavy atom. The van der Waals surface area contributed by atoms with E-state index >= 15 is 0 Å². The van der Waals surface area contributed by atoms with E-state index in [0.29, 0.717) is 17.5 Å². The molecule has 0 saturated carbocycles. The van der Waals surface area contributed by atoms with Crippen LogP contribution in [-0.2, 0) is 0 Å². The molecule has 0 radical (unpaired) electrons. The van der Waals surface area contributed by atoms with Gasteiger partial charge in [-0.3, -0.25) is 0 Å². The number of nitrogens with zero attached hydrogens (tertiary/aromatic N) is 3. The van der Waals surface area contributed by atoms with E-state index in [-0.39, 0.29) is 0 Å². The first-order chi connectivity index (χ1) is 18.3. The number of hydrogen-bond acceptors (Lipinski definition) is 4. The molecule has 0 spiro atoms. The molecule has 7 rings (SSSR count). The van der Waals surface area contributed by atoms with E-state index < -0.39 is 0 Å². The molecule has 0 bridgehead atoms. The first-order valence-electron chi connectivity index (χ1n) is 12.2. The quantitative estimate of drug-likeness (QED) is 0.256. The van der Waals surface area contributed by atoms with Crippen molar-refractivity contribution in [2.45, 2.75) is 0 Å². The number of rotatable bonds is 4. The van der Waals surface area contributed by atoms with Gasteiger partial charge in [0.1, 0.15) is 11.2 Å². The molecule has 5 aromatic carbocycles. The van der Waals surface area contributed by atoms with Crippen molar-refractivity contribution in [1.29, 1.82) is 0 Å². The molecule has 0 unspecified atom stereocenters. The van der Waals surface area contributed by atoms with E-state index in [0.717, 1.165) is 49.8 Å². The lowest BCUT2D eigenvalue weighted by Crippen LogP contribution is -2.01. The van der Waals surface area contributed by atoms with E-state index in [2.05, 4.69) is 36.4 Å². The summed E-state index contributed by atoms with van der Waals surface area (Å²) in [7, 11) is 0. The Labute approximate surface area is 213 Å². The van der Waals surface area contributed by atoms with Crippen LogP contribution in [0.25, 0.3) is 67.2 Å². The van der Waals surface area contributed by atoms with Gasteiger partial charge in [0, 0.05) is 27.5 Å². The van der Waals surface area contributed by atoms with Gasteiger partial charge in [-0.15, -0.1) is 0 Å². The molecule has 4 heteroatoms. The molecule has 0 saturated heterocycles. The minimum absolute atomic E-state index is 0.615. The summed E-state index contributed by atoms with van der Waals surface area (Å²) < 4.78 is 6.26. The summed E-state index contributed by atoms with van der Waals surface area (Å²) in [4.78, 5) is 15.0. The zero-order valence-electron chi connectivity index (χ0n) is 19.9. The summed E-state index contributed by atoms with van der Waals surface area (Å²) in [5, 5.41) is 2.04. The molecule has 174 valence electrons. The van der Waals surface area contributed by atoms with Gasteiger partial charge in [0.15, 0.2) is 17.5 Å². The molecule has 0 aliphatic rings. The highest BCUT2D eigenvalue weighted by Crippen LogP contribution is 2.42. The minimum atomic E-state index is 0.615. The summed E-state index contributed by atoms with van der Waals surface area (Å²) in [5.74, 6) is 1.88. The van der Waals surface area contributed by atoms with E-state index in [1.54, 1.807) is 0 Å². The SMILES string of the molecule is c1ccc(-c2nc(-c3ccccc3)nc(-c3c(-c4ccccc4)ccc4oc5ccccc5c34)n2)cc1. The highest BCUT2D eigenvalue weighted by molar-refractivity contribution is 6.15. The van der Waals surface area contributed by atoms with Crippen molar-refractivity contribution in [3.63, 3.8) is 0 Å². The Kier molecular flexibility index (Phi) is 5.07. The van der Waals surface area contributed by atoms with Crippen LogP contribution in [0.5, 0.6) is 0 Å². The average molecular weight is 476 g/mol. The smallest absolute Gasteiger partial charge is 0.165 e. The Morgan fingerprint density at radius 2 is 0.919 bits per heavy atom. The third-order valence-electron chi connectivity index (χ3n) is 6.55. The Bertz CT molecular complexity index is 1800. The fourth-order valence-electron chi connectivity index (χ4n) is 4.83. The maximum Gasteiger partial charge on any atom is 0.165 e. The summed E-state index contributed by atoms with van der Waals surface area (Å²) in [5.41, 5.74) is 6.59. The molecule has 0 amide bonds. The Hall–Kier alpha value is -5.09. The molecule has 0 atom stereocenters. The van der Waals surface area contributed by atoms with Crippen molar-refractivity contribution in [2.75, 3.05) is 0 Å². The van der Waals surface area contributed by atoms with Gasteiger partial charge < -0.3 is 4.42 Å². The predicted molar refractivity (Wildman–Crippen MR) is 149 cm³/mol. The number of aromatic nitrogens is 3. The number of hydrogen-bond donors (Lipinski definition) is 0. The van der Waals surface area contributed by atoms with Crippen molar-refractivity contribution in [3.05, 3.63) is 127 Å². The summed E-state index contributed by atoms with van der Waals surface area (Å²) in [6.45, 7) is 0. The lowest BCUT2D eigenvalue weighted by molar-refractivity contribution is 0.669. The molecular weight excluding hydrogens is 454 g/mol. The topological polar surface area (TPSA) is 51.8 Å². The lowest BCUT2D eigenvalue weighted by atomic mass is 9.94. The first-order valence-corrected chi connectivity index (χ1v) is 12.2. The average Bonchev–Trinajstić information content (AvgIpc) is 3.36. The van der Waals surface area contributed by atoms with Crippen LogP contribution in [0.1, 0.15) is 0 Å². The third-order valence-corrected chi connectivity index (χ3v) is 6.55. The van der Waals surface area contributed by atoms with Gasteiger partial charge in [-0.2, -0.15) is 0 Å². The van der Waals surface area contributed by atoms with Crippen molar-refractivity contribution in [1.82, 2.24) is 15.0 Å². The van der Waals surface area contributed by atoms with Crippen LogP contribution >= 0.6 is 0 Å². The molecule has 0 aliphatic carbocycles. The largest absolute Gasteiger partial charge is 0.456 e.